The molecule has 1 saturated heterocycles. The van der Waals surface area contributed by atoms with Gasteiger partial charge < -0.3 is 26.2 Å². The van der Waals surface area contributed by atoms with Crippen molar-refractivity contribution < 1.29 is 34.8 Å². The van der Waals surface area contributed by atoms with Gasteiger partial charge in [-0.3, -0.25) is 24.2 Å². The summed E-state index contributed by atoms with van der Waals surface area (Å²) in [4.78, 5) is 43.0. The van der Waals surface area contributed by atoms with E-state index in [-0.39, 0.29) is 23.3 Å². The van der Waals surface area contributed by atoms with E-state index in [1.165, 1.54) is 12.5 Å². The molecule has 10 heteroatoms. The quantitative estimate of drug-likeness (QED) is 0.372. The van der Waals surface area contributed by atoms with Crippen molar-refractivity contribution in [2.75, 3.05) is 27.2 Å². The minimum atomic E-state index is -2.62. The number of aliphatic hydroxyl groups excluding tert-OH is 2. The Bertz CT molecular complexity index is 1260. The molecular formula is C27H33N3O7. The second kappa shape index (κ2) is 8.97. The first kappa shape index (κ1) is 25.4. The van der Waals surface area contributed by atoms with Crippen molar-refractivity contribution in [2.24, 2.45) is 17.6 Å². The molecule has 4 atom stereocenters. The van der Waals surface area contributed by atoms with E-state index in [9.17, 15) is 34.8 Å². The van der Waals surface area contributed by atoms with Crippen LogP contribution in [0.5, 0.6) is 5.75 Å². The van der Waals surface area contributed by atoms with Gasteiger partial charge >= 0.3 is 0 Å². The highest BCUT2D eigenvalue weighted by atomic mass is 16.3. The van der Waals surface area contributed by atoms with Crippen LogP contribution in [0.25, 0.3) is 0 Å². The minimum absolute atomic E-state index is 0.0651. The van der Waals surface area contributed by atoms with E-state index in [2.05, 4.69) is 4.90 Å². The normalized spacial score (nSPS) is 30.3. The van der Waals surface area contributed by atoms with Crippen LogP contribution in [0.3, 0.4) is 0 Å². The van der Waals surface area contributed by atoms with Crippen molar-refractivity contribution in [3.8, 4) is 5.75 Å². The third kappa shape index (κ3) is 3.69. The standard InChI is InChI=1S/C27H33N3O7/c1-29(2)21-16-11-14-10-15-13(12-30-8-4-3-5-9-30)6-7-17(31)19(15)22(32)18(14)24(34)27(16,37)25(35)20(23(21)33)26(28)36/h6-7,14,16,21,31,33-34,37H,3-5,8-12H2,1-2H3,(H2,28,36)/t14-,16-,21-,27-/m0/s1. The van der Waals surface area contributed by atoms with Gasteiger partial charge in [0.25, 0.3) is 5.91 Å². The SMILES string of the molecule is CN(C)[C@@H]1C(O)=C(C(N)=O)C(=O)[C@@]2(O)C(O)=C3C(=O)c4c(O)ccc(CN5CCCCC5)c4C[C@H]3C[C@@H]12. The highest BCUT2D eigenvalue weighted by Gasteiger charge is 2.63. The number of carbonyl (C=O) groups excluding carboxylic acids is 3. The van der Waals surface area contributed by atoms with Crippen LogP contribution in [0.2, 0.25) is 0 Å². The Kier molecular flexibility index (Phi) is 6.17. The number of carbonyl (C=O) groups is 3. The summed E-state index contributed by atoms with van der Waals surface area (Å²) in [6, 6.07) is 2.29. The lowest BCUT2D eigenvalue weighted by Crippen LogP contribution is -2.63. The molecule has 0 aromatic heterocycles. The lowest BCUT2D eigenvalue weighted by molar-refractivity contribution is -0.148. The Labute approximate surface area is 214 Å². The van der Waals surface area contributed by atoms with E-state index < -0.39 is 58.0 Å². The molecule has 0 spiro atoms. The Morgan fingerprint density at radius 2 is 1.81 bits per heavy atom. The number of likely N-dealkylation sites (N-methyl/N-ethyl adjacent to an activating group) is 1. The zero-order valence-electron chi connectivity index (χ0n) is 21.0. The number of aromatic hydroxyl groups is 1. The third-order valence-corrected chi connectivity index (χ3v) is 8.55. The molecule has 1 amide bonds. The molecular weight excluding hydrogens is 478 g/mol. The molecule has 0 bridgehead atoms. The van der Waals surface area contributed by atoms with E-state index in [1.54, 1.807) is 19.0 Å². The summed E-state index contributed by atoms with van der Waals surface area (Å²) in [5.41, 5.74) is 3.49. The van der Waals surface area contributed by atoms with Crippen molar-refractivity contribution in [1.82, 2.24) is 9.80 Å². The number of hydrogen-bond acceptors (Lipinski definition) is 9. The maximum atomic E-state index is 13.8. The first-order valence-corrected chi connectivity index (χ1v) is 12.7. The predicted molar refractivity (Wildman–Crippen MR) is 133 cm³/mol. The number of allylic oxidation sites excluding steroid dienone is 1. The van der Waals surface area contributed by atoms with Gasteiger partial charge in [0.15, 0.2) is 11.4 Å². The van der Waals surface area contributed by atoms with Crippen molar-refractivity contribution in [3.05, 3.63) is 51.5 Å². The molecule has 1 aromatic carbocycles. The van der Waals surface area contributed by atoms with Crippen LogP contribution in [0, 0.1) is 11.8 Å². The maximum Gasteiger partial charge on any atom is 0.255 e. The molecule has 0 saturated carbocycles. The van der Waals surface area contributed by atoms with Crippen molar-refractivity contribution >= 4 is 17.5 Å². The Morgan fingerprint density at radius 1 is 1.14 bits per heavy atom. The average molecular weight is 512 g/mol. The number of amides is 1. The van der Waals surface area contributed by atoms with Crippen LogP contribution in [-0.4, -0.2) is 86.5 Å². The monoisotopic (exact) mass is 511 g/mol. The summed E-state index contributed by atoms with van der Waals surface area (Å²) >= 11 is 0. The molecule has 0 radical (unpaired) electrons. The highest BCUT2D eigenvalue weighted by molar-refractivity contribution is 6.24. The van der Waals surface area contributed by atoms with Gasteiger partial charge in [0.05, 0.1) is 11.6 Å². The molecule has 1 aromatic rings. The molecule has 10 nitrogen and oxygen atoms in total. The number of fused-ring (bicyclic) bond motifs is 3. The summed E-state index contributed by atoms with van der Waals surface area (Å²) in [5.74, 6) is -6.34. The number of ketones is 2. The van der Waals surface area contributed by atoms with Gasteiger partial charge in [0, 0.05) is 18.0 Å². The first-order chi connectivity index (χ1) is 17.5. The number of hydrogen-bond donors (Lipinski definition) is 5. The van der Waals surface area contributed by atoms with Crippen molar-refractivity contribution in [2.45, 2.75) is 50.3 Å². The molecule has 1 fully saturated rings. The van der Waals surface area contributed by atoms with E-state index >= 15 is 0 Å². The lowest BCUT2D eigenvalue weighted by Gasteiger charge is -2.50. The molecule has 6 N–H and O–H groups in total. The van der Waals surface area contributed by atoms with Crippen LogP contribution in [0.15, 0.2) is 34.8 Å². The number of nitrogens with two attached hydrogens (primary N) is 1. The third-order valence-electron chi connectivity index (χ3n) is 8.55. The number of phenolic OH excluding ortho intramolecular Hbond substituents is 1. The van der Waals surface area contributed by atoms with Crippen LogP contribution >= 0.6 is 0 Å². The van der Waals surface area contributed by atoms with Gasteiger partial charge in [0.2, 0.25) is 5.78 Å². The zero-order chi connectivity index (χ0) is 26.8. The van der Waals surface area contributed by atoms with Gasteiger partial charge in [-0.05, 0) is 76.0 Å². The fourth-order valence-corrected chi connectivity index (χ4v) is 6.82. The fourth-order valence-electron chi connectivity index (χ4n) is 6.82. The molecule has 0 unspecified atom stereocenters. The smallest absolute Gasteiger partial charge is 0.255 e. The van der Waals surface area contributed by atoms with Gasteiger partial charge in [-0.15, -0.1) is 0 Å². The summed E-state index contributed by atoms with van der Waals surface area (Å²) in [6.07, 6.45) is 3.80. The van der Waals surface area contributed by atoms with Gasteiger partial charge in [-0.25, -0.2) is 0 Å². The molecule has 37 heavy (non-hydrogen) atoms. The Hall–Kier alpha value is -3.21. The fraction of sp³-hybridized carbons (Fsp3) is 0.519. The highest BCUT2D eigenvalue weighted by Crippen LogP contribution is 2.52. The Morgan fingerprint density at radius 3 is 2.43 bits per heavy atom. The topological polar surface area (TPSA) is 165 Å². The number of primary amides is 1. The number of aliphatic hydroxyl groups is 3. The second-order valence-electron chi connectivity index (χ2n) is 10.9. The van der Waals surface area contributed by atoms with Crippen LogP contribution in [0.4, 0.5) is 0 Å². The van der Waals surface area contributed by atoms with E-state index in [0.29, 0.717) is 18.5 Å². The summed E-state index contributed by atoms with van der Waals surface area (Å²) < 4.78 is 0. The molecule has 1 aliphatic heterocycles. The van der Waals surface area contributed by atoms with E-state index in [4.69, 9.17) is 5.73 Å². The van der Waals surface area contributed by atoms with Crippen LogP contribution < -0.4 is 5.73 Å². The van der Waals surface area contributed by atoms with Gasteiger partial charge in [0.1, 0.15) is 22.8 Å². The Balaban J connectivity index is 1.64. The first-order valence-electron chi connectivity index (χ1n) is 12.7. The minimum Gasteiger partial charge on any atom is -0.510 e. The lowest BCUT2D eigenvalue weighted by atomic mass is 9.58. The zero-order valence-corrected chi connectivity index (χ0v) is 21.0. The number of likely N-dealkylation sites (tertiary alicyclic amines) is 1. The number of rotatable bonds is 4. The van der Waals surface area contributed by atoms with E-state index in [1.807, 2.05) is 6.07 Å². The van der Waals surface area contributed by atoms with Crippen LogP contribution in [0.1, 0.15) is 47.2 Å². The van der Waals surface area contributed by atoms with Crippen molar-refractivity contribution in [1.29, 1.82) is 0 Å². The summed E-state index contributed by atoms with van der Waals surface area (Å²) in [5, 5.41) is 44.5. The predicted octanol–water partition coefficient (Wildman–Crippen LogP) is 1.11. The number of benzene rings is 1. The molecule has 5 rings (SSSR count). The molecule has 3 aliphatic carbocycles. The largest absolute Gasteiger partial charge is 0.510 e. The average Bonchev–Trinajstić information content (AvgIpc) is 2.83. The number of Topliss-reactive ketones (excluding diaryl/α,β-unsaturated/α-hetero) is 2. The number of nitrogens with zero attached hydrogens (tertiary/aromatic N) is 2. The number of piperidine rings is 1. The summed E-state index contributed by atoms with van der Waals surface area (Å²) in [6.45, 7) is 2.54. The second-order valence-corrected chi connectivity index (χ2v) is 10.9. The summed E-state index contributed by atoms with van der Waals surface area (Å²) in [7, 11) is 3.23. The molecule has 198 valence electrons. The van der Waals surface area contributed by atoms with E-state index in [0.717, 1.165) is 31.5 Å². The van der Waals surface area contributed by atoms with Gasteiger partial charge in [-0.2, -0.15) is 0 Å². The van der Waals surface area contributed by atoms with Gasteiger partial charge in [-0.1, -0.05) is 12.5 Å². The molecule has 1 heterocycles. The van der Waals surface area contributed by atoms with Crippen molar-refractivity contribution in [3.63, 3.8) is 0 Å². The van der Waals surface area contributed by atoms with Crippen LogP contribution in [-0.2, 0) is 22.6 Å². The number of phenols is 1. The molecule has 4 aliphatic rings. The maximum absolute atomic E-state index is 13.8.